The van der Waals surface area contributed by atoms with E-state index in [1.165, 1.54) is 4.31 Å². The highest BCUT2D eigenvalue weighted by atomic mass is 35.5. The standard InChI is InChI=1S/C25H22ClN5O3S/c1-16-14-18(31-13-3-12-28-35(31,33)34)6-7-19(16)25(32)29-17-5-8-21(26)20(15-17)22-9-10-23-24(30-22)4-2-11-27-23/h2,4-11,14-15,28H,3,12-13H2,1H3,(H,29,32). The summed E-state index contributed by atoms with van der Waals surface area (Å²) < 4.78 is 28.5. The Kier molecular flexibility index (Phi) is 6.14. The van der Waals surface area contributed by atoms with E-state index in [2.05, 4.69) is 20.0 Å². The summed E-state index contributed by atoms with van der Waals surface area (Å²) in [4.78, 5) is 22.0. The Labute approximate surface area is 208 Å². The number of halogens is 1. The molecule has 0 atom stereocenters. The highest BCUT2D eigenvalue weighted by Crippen LogP contribution is 2.31. The van der Waals surface area contributed by atoms with Gasteiger partial charge in [0, 0.05) is 36.1 Å². The first-order valence-electron chi connectivity index (χ1n) is 11.0. The lowest BCUT2D eigenvalue weighted by atomic mass is 10.1. The van der Waals surface area contributed by atoms with Crippen molar-refractivity contribution in [2.75, 3.05) is 22.7 Å². The van der Waals surface area contributed by atoms with Gasteiger partial charge in [-0.1, -0.05) is 11.6 Å². The third-order valence-corrected chi connectivity index (χ3v) is 7.68. The number of rotatable bonds is 4. The Hall–Kier alpha value is -3.53. The lowest BCUT2D eigenvalue weighted by molar-refractivity contribution is 0.102. The number of pyridine rings is 2. The molecule has 2 N–H and O–H groups in total. The first-order chi connectivity index (χ1) is 16.8. The van der Waals surface area contributed by atoms with Crippen LogP contribution >= 0.6 is 11.6 Å². The van der Waals surface area contributed by atoms with Crippen LogP contribution in [0.1, 0.15) is 22.3 Å². The molecule has 0 unspecified atom stereocenters. The summed E-state index contributed by atoms with van der Waals surface area (Å²) in [5, 5.41) is 3.42. The molecular weight excluding hydrogens is 486 g/mol. The fourth-order valence-corrected chi connectivity index (χ4v) is 5.59. The molecule has 8 nitrogen and oxygen atoms in total. The lowest BCUT2D eigenvalue weighted by Crippen LogP contribution is -2.47. The van der Waals surface area contributed by atoms with Crippen molar-refractivity contribution in [3.63, 3.8) is 0 Å². The van der Waals surface area contributed by atoms with Crippen LogP contribution in [0, 0.1) is 6.92 Å². The van der Waals surface area contributed by atoms with E-state index in [9.17, 15) is 13.2 Å². The van der Waals surface area contributed by atoms with Crippen molar-refractivity contribution in [3.8, 4) is 11.3 Å². The maximum absolute atomic E-state index is 13.0. The van der Waals surface area contributed by atoms with Crippen molar-refractivity contribution in [2.24, 2.45) is 0 Å². The molecule has 1 aliphatic rings. The third kappa shape index (κ3) is 4.70. The van der Waals surface area contributed by atoms with E-state index in [-0.39, 0.29) is 5.91 Å². The number of nitrogens with one attached hydrogen (secondary N) is 2. The van der Waals surface area contributed by atoms with Gasteiger partial charge in [0.15, 0.2) is 0 Å². The van der Waals surface area contributed by atoms with Gasteiger partial charge >= 0.3 is 10.2 Å². The summed E-state index contributed by atoms with van der Waals surface area (Å²) in [7, 11) is -3.56. The zero-order valence-corrected chi connectivity index (χ0v) is 20.4. The van der Waals surface area contributed by atoms with Crippen LogP contribution in [0.2, 0.25) is 5.02 Å². The Morgan fingerprint density at radius 1 is 1.09 bits per heavy atom. The van der Waals surface area contributed by atoms with Crippen LogP contribution in [-0.4, -0.2) is 37.4 Å². The maximum atomic E-state index is 13.0. The van der Waals surface area contributed by atoms with Crippen molar-refractivity contribution in [2.45, 2.75) is 13.3 Å². The van der Waals surface area contributed by atoms with E-state index < -0.39 is 10.2 Å². The van der Waals surface area contributed by atoms with E-state index in [1.807, 2.05) is 24.3 Å². The van der Waals surface area contributed by atoms with Gasteiger partial charge in [0.1, 0.15) is 0 Å². The number of benzene rings is 2. The molecule has 0 saturated carbocycles. The quantitative estimate of drug-likeness (QED) is 0.421. The van der Waals surface area contributed by atoms with Gasteiger partial charge in [-0.3, -0.25) is 14.1 Å². The van der Waals surface area contributed by atoms with Gasteiger partial charge in [0.05, 0.1) is 27.4 Å². The normalized spacial score (nSPS) is 15.2. The Balaban J connectivity index is 1.40. The lowest BCUT2D eigenvalue weighted by Gasteiger charge is -2.29. The average Bonchev–Trinajstić information content (AvgIpc) is 2.84. The van der Waals surface area contributed by atoms with Gasteiger partial charge in [-0.15, -0.1) is 0 Å². The number of hydrogen-bond donors (Lipinski definition) is 2. The minimum absolute atomic E-state index is 0.308. The van der Waals surface area contributed by atoms with Crippen LogP contribution in [0.25, 0.3) is 22.3 Å². The topological polar surface area (TPSA) is 104 Å². The summed E-state index contributed by atoms with van der Waals surface area (Å²) in [5.41, 5.74) is 5.08. The zero-order valence-electron chi connectivity index (χ0n) is 18.8. The highest BCUT2D eigenvalue weighted by molar-refractivity contribution is 7.90. The van der Waals surface area contributed by atoms with Crippen molar-refractivity contribution in [3.05, 3.63) is 83.0 Å². The maximum Gasteiger partial charge on any atom is 0.301 e. The first-order valence-corrected chi connectivity index (χ1v) is 12.8. The summed E-state index contributed by atoms with van der Waals surface area (Å²) in [6.45, 7) is 2.60. The van der Waals surface area contributed by atoms with Crippen molar-refractivity contribution in [1.82, 2.24) is 14.7 Å². The second kappa shape index (κ2) is 9.26. The molecule has 0 aliphatic carbocycles. The fourth-order valence-electron chi connectivity index (χ4n) is 4.05. The number of fused-ring (bicyclic) bond motifs is 1. The minimum Gasteiger partial charge on any atom is -0.322 e. The van der Waals surface area contributed by atoms with Crippen LogP contribution in [-0.2, 0) is 10.2 Å². The van der Waals surface area contributed by atoms with E-state index in [4.69, 9.17) is 11.6 Å². The van der Waals surface area contributed by atoms with E-state index in [1.54, 1.807) is 49.5 Å². The van der Waals surface area contributed by atoms with Gasteiger partial charge in [0.2, 0.25) is 0 Å². The molecule has 0 radical (unpaired) electrons. The molecule has 1 fully saturated rings. The van der Waals surface area contributed by atoms with Crippen LogP contribution < -0.4 is 14.3 Å². The molecule has 4 aromatic rings. The SMILES string of the molecule is Cc1cc(N2CCCNS2(=O)=O)ccc1C(=O)Nc1ccc(Cl)c(-c2ccc3ncccc3n2)c1. The molecule has 3 heterocycles. The molecule has 1 saturated heterocycles. The van der Waals surface area contributed by atoms with E-state index >= 15 is 0 Å². The van der Waals surface area contributed by atoms with Crippen molar-refractivity contribution < 1.29 is 13.2 Å². The Morgan fingerprint density at radius 3 is 2.74 bits per heavy atom. The molecule has 1 aliphatic heterocycles. The fraction of sp³-hybridized carbons (Fsp3) is 0.160. The van der Waals surface area contributed by atoms with Gasteiger partial charge in [0.25, 0.3) is 5.91 Å². The number of anilines is 2. The Bertz CT molecular complexity index is 1560. The Morgan fingerprint density at radius 2 is 1.94 bits per heavy atom. The second-order valence-corrected chi connectivity index (χ2v) is 10.3. The monoisotopic (exact) mass is 507 g/mol. The van der Waals surface area contributed by atoms with Gasteiger partial charge < -0.3 is 5.32 Å². The molecule has 0 spiro atoms. The number of nitrogens with zero attached hydrogens (tertiary/aromatic N) is 3. The van der Waals surface area contributed by atoms with Crippen LogP contribution in [0.5, 0.6) is 0 Å². The van der Waals surface area contributed by atoms with Crippen molar-refractivity contribution >= 4 is 50.1 Å². The van der Waals surface area contributed by atoms with Gasteiger partial charge in [-0.2, -0.15) is 13.1 Å². The zero-order chi connectivity index (χ0) is 24.6. The number of carbonyl (C=O) groups is 1. The minimum atomic E-state index is -3.56. The summed E-state index contributed by atoms with van der Waals surface area (Å²) in [5.74, 6) is -0.308. The number of carbonyl (C=O) groups excluding carboxylic acids is 1. The number of aryl methyl sites for hydroxylation is 1. The molecule has 178 valence electrons. The van der Waals surface area contributed by atoms with Crippen LogP contribution in [0.15, 0.2) is 66.9 Å². The van der Waals surface area contributed by atoms with Gasteiger partial charge in [-0.25, -0.2) is 4.98 Å². The predicted octanol–water partition coefficient (Wildman–Crippen LogP) is 4.56. The molecule has 0 bridgehead atoms. The smallest absolute Gasteiger partial charge is 0.301 e. The average molecular weight is 508 g/mol. The molecule has 5 rings (SSSR count). The molecule has 2 aromatic heterocycles. The summed E-state index contributed by atoms with van der Waals surface area (Å²) >= 11 is 6.45. The second-order valence-electron chi connectivity index (χ2n) is 8.21. The van der Waals surface area contributed by atoms with Gasteiger partial charge in [-0.05, 0) is 79.6 Å². The predicted molar refractivity (Wildman–Crippen MR) is 138 cm³/mol. The van der Waals surface area contributed by atoms with E-state index in [0.717, 1.165) is 11.0 Å². The number of aromatic nitrogens is 2. The molecular formula is C25H22ClN5O3S. The summed E-state index contributed by atoms with van der Waals surface area (Å²) in [6.07, 6.45) is 2.42. The van der Waals surface area contributed by atoms with E-state index in [0.29, 0.717) is 58.3 Å². The molecule has 10 heteroatoms. The van der Waals surface area contributed by atoms with Crippen LogP contribution in [0.4, 0.5) is 11.4 Å². The summed E-state index contributed by atoms with van der Waals surface area (Å²) in [6, 6.07) is 17.6. The molecule has 1 amide bonds. The van der Waals surface area contributed by atoms with Crippen LogP contribution in [0.3, 0.4) is 0 Å². The largest absolute Gasteiger partial charge is 0.322 e. The highest BCUT2D eigenvalue weighted by Gasteiger charge is 2.26. The first kappa shape index (κ1) is 23.2. The third-order valence-electron chi connectivity index (χ3n) is 5.81. The molecule has 2 aromatic carbocycles. The molecule has 35 heavy (non-hydrogen) atoms. The number of hydrogen-bond acceptors (Lipinski definition) is 5. The number of amides is 1. The van der Waals surface area contributed by atoms with Crippen molar-refractivity contribution in [1.29, 1.82) is 0 Å².